The fraction of sp³-hybridized carbons (Fsp3) is 0.115. The van der Waals surface area contributed by atoms with Gasteiger partial charge >= 0.3 is 5.97 Å². The lowest BCUT2D eigenvalue weighted by Gasteiger charge is -2.06. The minimum atomic E-state index is -0.440. The van der Waals surface area contributed by atoms with E-state index in [1.54, 1.807) is 6.92 Å². The van der Waals surface area contributed by atoms with Gasteiger partial charge in [0, 0.05) is 6.42 Å². The van der Waals surface area contributed by atoms with E-state index in [-0.39, 0.29) is 12.2 Å². The van der Waals surface area contributed by atoms with Crippen molar-refractivity contribution < 1.29 is 9.53 Å². The molecule has 0 bridgehead atoms. The van der Waals surface area contributed by atoms with E-state index in [0.29, 0.717) is 32.9 Å². The Balaban J connectivity index is 1.46. The number of aryl methyl sites for hydroxylation is 1. The Morgan fingerprint density at radius 1 is 1.00 bits per heavy atom. The van der Waals surface area contributed by atoms with E-state index in [4.69, 9.17) is 4.74 Å². The number of thiophene rings is 1. The quantitative estimate of drug-likeness (QED) is 0.372. The molecule has 0 aliphatic heterocycles. The third kappa shape index (κ3) is 3.81. The summed E-state index contributed by atoms with van der Waals surface area (Å²) >= 11 is 1.20. The van der Waals surface area contributed by atoms with Crippen molar-refractivity contribution in [2.24, 2.45) is 0 Å². The monoisotopic (exact) mass is 440 g/mol. The Kier molecular flexibility index (Phi) is 5.29. The summed E-state index contributed by atoms with van der Waals surface area (Å²) in [6.45, 7) is 1.95. The highest BCUT2D eigenvalue weighted by molar-refractivity contribution is 7.20. The summed E-state index contributed by atoms with van der Waals surface area (Å²) in [5, 5.41) is 2.72. The number of carbonyl (C=O) groups excluding carboxylic acids is 1. The summed E-state index contributed by atoms with van der Waals surface area (Å²) in [5.74, 6) is 0.133. The molecule has 1 N–H and O–H groups in total. The molecule has 0 aliphatic carbocycles. The summed E-state index contributed by atoms with van der Waals surface area (Å²) < 4.78 is 5.47. The van der Waals surface area contributed by atoms with Gasteiger partial charge in [0.2, 0.25) is 0 Å². The number of benzene rings is 3. The number of rotatable bonds is 5. The van der Waals surface area contributed by atoms with Crippen molar-refractivity contribution in [1.29, 1.82) is 0 Å². The minimum absolute atomic E-state index is 0.184. The van der Waals surface area contributed by atoms with Gasteiger partial charge in [0.05, 0.1) is 5.39 Å². The number of nitrogens with one attached hydrogen (secondary N) is 1. The lowest BCUT2D eigenvalue weighted by molar-refractivity contribution is 0.0478. The number of H-pyrrole nitrogens is 1. The fourth-order valence-electron chi connectivity index (χ4n) is 3.88. The van der Waals surface area contributed by atoms with Gasteiger partial charge in [-0.15, -0.1) is 11.3 Å². The number of ether oxygens (including phenoxy) is 1. The third-order valence-corrected chi connectivity index (χ3v) is 6.65. The van der Waals surface area contributed by atoms with Crippen molar-refractivity contribution in [1.82, 2.24) is 9.97 Å². The van der Waals surface area contributed by atoms with Crippen LogP contribution < -0.4 is 5.56 Å². The molecule has 3 aromatic carbocycles. The largest absolute Gasteiger partial charge is 0.457 e. The Morgan fingerprint density at radius 3 is 2.59 bits per heavy atom. The van der Waals surface area contributed by atoms with E-state index in [1.165, 1.54) is 11.3 Å². The van der Waals surface area contributed by atoms with Gasteiger partial charge in [-0.3, -0.25) is 4.79 Å². The van der Waals surface area contributed by atoms with Crippen molar-refractivity contribution in [3.8, 4) is 0 Å². The van der Waals surface area contributed by atoms with Crippen LogP contribution in [0.5, 0.6) is 0 Å². The SMILES string of the molecule is Cc1c(C(=O)OCc2ccccc2)sc2nc(Cc3cccc4ccccc34)[nH]c(=O)c12. The number of aromatic amines is 1. The molecule has 0 radical (unpaired) electrons. The molecule has 0 spiro atoms. The highest BCUT2D eigenvalue weighted by atomic mass is 32.1. The zero-order chi connectivity index (χ0) is 22.1. The van der Waals surface area contributed by atoms with Gasteiger partial charge in [-0.05, 0) is 34.4 Å². The lowest BCUT2D eigenvalue weighted by atomic mass is 10.0. The van der Waals surface area contributed by atoms with E-state index in [2.05, 4.69) is 28.2 Å². The van der Waals surface area contributed by atoms with Crippen LogP contribution in [-0.4, -0.2) is 15.9 Å². The van der Waals surface area contributed by atoms with Crippen LogP contribution in [0.2, 0.25) is 0 Å². The molecule has 0 saturated heterocycles. The van der Waals surface area contributed by atoms with Crippen LogP contribution in [0.15, 0.2) is 77.6 Å². The average Bonchev–Trinajstić information content (AvgIpc) is 3.15. The molecular weight excluding hydrogens is 420 g/mol. The molecule has 0 unspecified atom stereocenters. The molecule has 5 aromatic rings. The molecule has 0 aliphatic rings. The van der Waals surface area contributed by atoms with Gasteiger partial charge in [0.15, 0.2) is 0 Å². The Hall–Kier alpha value is -3.77. The molecule has 32 heavy (non-hydrogen) atoms. The summed E-state index contributed by atoms with van der Waals surface area (Å²) in [6.07, 6.45) is 0.497. The topological polar surface area (TPSA) is 72.0 Å². The maximum absolute atomic E-state index is 12.8. The molecule has 0 saturated carbocycles. The van der Waals surface area contributed by atoms with Gasteiger partial charge in [-0.25, -0.2) is 9.78 Å². The molecule has 2 heterocycles. The molecule has 0 atom stereocenters. The van der Waals surface area contributed by atoms with Crippen LogP contribution in [-0.2, 0) is 17.8 Å². The first-order valence-corrected chi connectivity index (χ1v) is 11.1. The highest BCUT2D eigenvalue weighted by Crippen LogP contribution is 2.28. The third-order valence-electron chi connectivity index (χ3n) is 5.49. The van der Waals surface area contributed by atoms with Gasteiger partial charge in [-0.1, -0.05) is 72.8 Å². The first-order valence-electron chi connectivity index (χ1n) is 10.3. The van der Waals surface area contributed by atoms with Gasteiger partial charge in [0.1, 0.15) is 22.1 Å². The maximum Gasteiger partial charge on any atom is 0.349 e. The van der Waals surface area contributed by atoms with E-state index in [0.717, 1.165) is 21.9 Å². The van der Waals surface area contributed by atoms with E-state index < -0.39 is 5.97 Å². The van der Waals surface area contributed by atoms with Crippen molar-refractivity contribution in [3.63, 3.8) is 0 Å². The summed E-state index contributed by atoms with van der Waals surface area (Å²) in [5.41, 5.74) is 2.36. The van der Waals surface area contributed by atoms with Crippen LogP contribution in [0.3, 0.4) is 0 Å². The molecule has 5 nitrogen and oxygen atoms in total. The molecule has 158 valence electrons. The van der Waals surface area contributed by atoms with E-state index >= 15 is 0 Å². The fourth-order valence-corrected chi connectivity index (χ4v) is 4.98. The second-order valence-electron chi connectivity index (χ2n) is 7.63. The second kappa shape index (κ2) is 8.40. The first-order chi connectivity index (χ1) is 15.6. The van der Waals surface area contributed by atoms with Gasteiger partial charge in [-0.2, -0.15) is 0 Å². The van der Waals surface area contributed by atoms with Crippen LogP contribution in [0, 0.1) is 6.92 Å². The summed E-state index contributed by atoms with van der Waals surface area (Å²) in [6, 6.07) is 23.8. The predicted molar refractivity (Wildman–Crippen MR) is 127 cm³/mol. The molecular formula is C26H20N2O3S. The lowest BCUT2D eigenvalue weighted by Crippen LogP contribution is -2.12. The molecule has 0 fully saturated rings. The van der Waals surface area contributed by atoms with Crippen LogP contribution >= 0.6 is 11.3 Å². The maximum atomic E-state index is 12.8. The highest BCUT2D eigenvalue weighted by Gasteiger charge is 2.20. The first kappa shape index (κ1) is 20.2. The number of fused-ring (bicyclic) bond motifs is 2. The standard InChI is InChI=1S/C26H20N2O3S/c1-16-22-24(29)27-21(14-19-12-7-11-18-10-5-6-13-20(18)19)28-25(22)32-23(16)26(30)31-15-17-8-3-2-4-9-17/h2-13H,14-15H2,1H3,(H,27,28,29). The van der Waals surface area contributed by atoms with Crippen molar-refractivity contribution >= 4 is 38.3 Å². The zero-order valence-electron chi connectivity index (χ0n) is 17.4. The molecule has 6 heteroatoms. The summed E-state index contributed by atoms with van der Waals surface area (Å²) in [7, 11) is 0. The Bertz CT molecular complexity index is 1500. The number of hydrogen-bond acceptors (Lipinski definition) is 5. The van der Waals surface area contributed by atoms with Gasteiger partial charge in [0.25, 0.3) is 5.56 Å². The normalized spacial score (nSPS) is 11.2. The second-order valence-corrected chi connectivity index (χ2v) is 8.62. The number of carbonyl (C=O) groups is 1. The number of esters is 1. The molecule has 2 aromatic heterocycles. The smallest absolute Gasteiger partial charge is 0.349 e. The van der Waals surface area contributed by atoms with Crippen LogP contribution in [0.1, 0.15) is 32.2 Å². The van der Waals surface area contributed by atoms with Crippen molar-refractivity contribution in [3.05, 3.63) is 111 Å². The van der Waals surface area contributed by atoms with Crippen LogP contribution in [0.4, 0.5) is 0 Å². The average molecular weight is 441 g/mol. The van der Waals surface area contributed by atoms with E-state index in [1.807, 2.05) is 54.6 Å². The molecule has 0 amide bonds. The van der Waals surface area contributed by atoms with E-state index in [9.17, 15) is 9.59 Å². The Morgan fingerprint density at radius 2 is 1.75 bits per heavy atom. The Labute approximate surface area is 188 Å². The zero-order valence-corrected chi connectivity index (χ0v) is 18.2. The molecule has 5 rings (SSSR count). The van der Waals surface area contributed by atoms with Gasteiger partial charge < -0.3 is 9.72 Å². The number of hydrogen-bond donors (Lipinski definition) is 1. The minimum Gasteiger partial charge on any atom is -0.457 e. The van der Waals surface area contributed by atoms with Crippen molar-refractivity contribution in [2.45, 2.75) is 20.0 Å². The number of nitrogens with zero attached hydrogens (tertiary/aromatic N) is 1. The van der Waals surface area contributed by atoms with Crippen molar-refractivity contribution in [2.75, 3.05) is 0 Å². The number of aromatic nitrogens is 2. The van der Waals surface area contributed by atoms with Crippen LogP contribution in [0.25, 0.3) is 21.0 Å². The predicted octanol–water partition coefficient (Wildman–Crippen LogP) is 5.39. The summed E-state index contributed by atoms with van der Waals surface area (Å²) in [4.78, 5) is 34.1.